The molecule has 1 saturated carbocycles. The summed E-state index contributed by atoms with van der Waals surface area (Å²) in [6, 6.07) is 4.59. The Balaban J connectivity index is 1.87. The number of benzene rings is 1. The third-order valence-corrected chi connectivity index (χ3v) is 5.57. The van der Waals surface area contributed by atoms with Crippen molar-refractivity contribution in [2.45, 2.75) is 36.1 Å². The van der Waals surface area contributed by atoms with Gasteiger partial charge in [0.1, 0.15) is 0 Å². The lowest BCUT2D eigenvalue weighted by Crippen LogP contribution is -2.55. The minimum absolute atomic E-state index is 0.131. The van der Waals surface area contributed by atoms with Crippen LogP contribution in [0.1, 0.15) is 25.7 Å². The van der Waals surface area contributed by atoms with Crippen LogP contribution in [0.4, 0.5) is 0 Å². The van der Waals surface area contributed by atoms with Crippen LogP contribution in [0.15, 0.2) is 23.1 Å². The molecule has 1 aliphatic heterocycles. The van der Waals surface area contributed by atoms with E-state index >= 15 is 0 Å². The molecule has 1 fully saturated rings. The average Bonchev–Trinajstić information content (AvgIpc) is 2.67. The summed E-state index contributed by atoms with van der Waals surface area (Å²) in [7, 11) is -3.68. The number of aliphatic hydroxyl groups is 1. The second-order valence-electron chi connectivity index (χ2n) is 5.56. The van der Waals surface area contributed by atoms with E-state index in [1.807, 2.05) is 0 Å². The summed E-state index contributed by atoms with van der Waals surface area (Å²) in [6.07, 6.45) is 3.01. The average molecular weight is 313 g/mol. The number of hydrogen-bond donors (Lipinski definition) is 2. The Morgan fingerprint density at radius 1 is 1.14 bits per heavy atom. The lowest BCUT2D eigenvalue weighted by Gasteiger charge is -2.40. The molecule has 1 aliphatic carbocycles. The van der Waals surface area contributed by atoms with Crippen LogP contribution in [0.3, 0.4) is 0 Å². The van der Waals surface area contributed by atoms with E-state index in [1.165, 1.54) is 12.1 Å². The van der Waals surface area contributed by atoms with Gasteiger partial charge in [0.15, 0.2) is 11.5 Å². The molecule has 21 heavy (non-hydrogen) atoms. The van der Waals surface area contributed by atoms with Crippen LogP contribution < -0.4 is 14.2 Å². The van der Waals surface area contributed by atoms with Gasteiger partial charge in [0, 0.05) is 12.5 Å². The molecule has 1 heterocycles. The van der Waals surface area contributed by atoms with Gasteiger partial charge in [0.25, 0.3) is 0 Å². The van der Waals surface area contributed by atoms with Crippen molar-refractivity contribution < 1.29 is 23.0 Å². The maximum atomic E-state index is 12.5. The third-order valence-electron chi connectivity index (χ3n) is 3.99. The van der Waals surface area contributed by atoms with E-state index in [0.29, 0.717) is 37.6 Å². The van der Waals surface area contributed by atoms with E-state index in [9.17, 15) is 13.5 Å². The highest BCUT2D eigenvalue weighted by atomic mass is 32.2. The van der Waals surface area contributed by atoms with Crippen molar-refractivity contribution in [1.82, 2.24) is 4.72 Å². The molecule has 1 aromatic rings. The molecule has 6 nitrogen and oxygen atoms in total. The SMILES string of the molecule is O=S(=O)(NC1(CO)CCC1)c1ccc2c(c1)OCCCO2. The number of sulfonamides is 1. The molecule has 7 heteroatoms. The van der Waals surface area contributed by atoms with Crippen molar-refractivity contribution >= 4 is 10.0 Å². The third kappa shape index (κ3) is 2.86. The smallest absolute Gasteiger partial charge is 0.241 e. The van der Waals surface area contributed by atoms with Crippen LogP contribution in [0.5, 0.6) is 11.5 Å². The Kier molecular flexibility index (Phi) is 3.81. The highest BCUT2D eigenvalue weighted by molar-refractivity contribution is 7.89. The van der Waals surface area contributed by atoms with Crippen LogP contribution in [-0.4, -0.2) is 38.9 Å². The predicted octanol–water partition coefficient (Wildman–Crippen LogP) is 1.04. The summed E-state index contributed by atoms with van der Waals surface area (Å²) in [5.74, 6) is 1.01. The van der Waals surface area contributed by atoms with Crippen LogP contribution in [0.25, 0.3) is 0 Å². The summed E-state index contributed by atoms with van der Waals surface area (Å²) in [6.45, 7) is 0.881. The van der Waals surface area contributed by atoms with Gasteiger partial charge in [-0.15, -0.1) is 0 Å². The summed E-state index contributed by atoms with van der Waals surface area (Å²) in [4.78, 5) is 0.131. The standard InChI is InChI=1S/C14H19NO5S/c16-10-14(5-1-6-14)15-21(17,18)11-3-4-12-13(9-11)20-8-2-7-19-12/h3-4,9,15-16H,1-2,5-8,10H2. The van der Waals surface area contributed by atoms with Gasteiger partial charge in [0.2, 0.25) is 10.0 Å². The quantitative estimate of drug-likeness (QED) is 0.867. The number of rotatable bonds is 4. The first-order valence-corrected chi connectivity index (χ1v) is 8.58. The zero-order chi connectivity index (χ0) is 14.9. The van der Waals surface area contributed by atoms with Gasteiger partial charge < -0.3 is 14.6 Å². The van der Waals surface area contributed by atoms with E-state index in [1.54, 1.807) is 6.07 Å². The molecular weight excluding hydrogens is 294 g/mol. The largest absolute Gasteiger partial charge is 0.490 e. The Morgan fingerprint density at radius 2 is 1.86 bits per heavy atom. The first-order valence-electron chi connectivity index (χ1n) is 7.09. The highest BCUT2D eigenvalue weighted by Gasteiger charge is 2.40. The zero-order valence-electron chi connectivity index (χ0n) is 11.7. The number of ether oxygens (including phenoxy) is 2. The molecule has 0 spiro atoms. The zero-order valence-corrected chi connectivity index (χ0v) is 12.5. The normalized spacial score (nSPS) is 20.4. The molecule has 0 aromatic heterocycles. The molecular formula is C14H19NO5S. The van der Waals surface area contributed by atoms with E-state index < -0.39 is 15.6 Å². The fourth-order valence-corrected chi connectivity index (χ4v) is 4.02. The number of aliphatic hydroxyl groups excluding tert-OH is 1. The van der Waals surface area contributed by atoms with Gasteiger partial charge in [-0.25, -0.2) is 13.1 Å². The van der Waals surface area contributed by atoms with Crippen molar-refractivity contribution in [3.05, 3.63) is 18.2 Å². The van der Waals surface area contributed by atoms with Crippen molar-refractivity contribution in [2.75, 3.05) is 19.8 Å². The molecule has 3 rings (SSSR count). The monoisotopic (exact) mass is 313 g/mol. The first kappa shape index (κ1) is 14.6. The predicted molar refractivity (Wildman–Crippen MR) is 76.0 cm³/mol. The van der Waals surface area contributed by atoms with Gasteiger partial charge in [-0.3, -0.25) is 0 Å². The van der Waals surface area contributed by atoms with Gasteiger partial charge in [-0.05, 0) is 31.4 Å². The second-order valence-corrected chi connectivity index (χ2v) is 7.24. The van der Waals surface area contributed by atoms with Crippen molar-refractivity contribution in [3.8, 4) is 11.5 Å². The molecule has 0 atom stereocenters. The molecule has 0 radical (unpaired) electrons. The van der Waals surface area contributed by atoms with E-state index in [4.69, 9.17) is 9.47 Å². The van der Waals surface area contributed by atoms with E-state index in [-0.39, 0.29) is 11.5 Å². The maximum absolute atomic E-state index is 12.5. The lowest BCUT2D eigenvalue weighted by atomic mass is 9.78. The van der Waals surface area contributed by atoms with Gasteiger partial charge in [-0.1, -0.05) is 0 Å². The Bertz CT molecular complexity index is 619. The van der Waals surface area contributed by atoms with Crippen molar-refractivity contribution in [2.24, 2.45) is 0 Å². The minimum atomic E-state index is -3.68. The fraction of sp³-hybridized carbons (Fsp3) is 0.571. The topological polar surface area (TPSA) is 84.9 Å². The molecule has 2 aliphatic rings. The molecule has 116 valence electrons. The van der Waals surface area contributed by atoms with Crippen LogP contribution in [0.2, 0.25) is 0 Å². The fourth-order valence-electron chi connectivity index (χ4n) is 2.55. The Hall–Kier alpha value is -1.31. The molecule has 0 saturated heterocycles. The number of hydrogen-bond acceptors (Lipinski definition) is 5. The second kappa shape index (κ2) is 5.47. The van der Waals surface area contributed by atoms with Gasteiger partial charge >= 0.3 is 0 Å². The summed E-state index contributed by atoms with van der Waals surface area (Å²) >= 11 is 0. The summed E-state index contributed by atoms with van der Waals surface area (Å²) in [5, 5.41) is 9.40. The Labute approximate surface area is 124 Å². The highest BCUT2D eigenvalue weighted by Crippen LogP contribution is 2.35. The van der Waals surface area contributed by atoms with Crippen molar-refractivity contribution in [1.29, 1.82) is 0 Å². The van der Waals surface area contributed by atoms with Crippen LogP contribution in [0, 0.1) is 0 Å². The lowest BCUT2D eigenvalue weighted by molar-refractivity contribution is 0.110. The molecule has 2 N–H and O–H groups in total. The number of nitrogens with one attached hydrogen (secondary N) is 1. The molecule has 1 aromatic carbocycles. The van der Waals surface area contributed by atoms with Crippen LogP contribution >= 0.6 is 0 Å². The minimum Gasteiger partial charge on any atom is -0.490 e. The van der Waals surface area contributed by atoms with Crippen molar-refractivity contribution in [3.63, 3.8) is 0 Å². The van der Waals surface area contributed by atoms with Gasteiger partial charge in [0.05, 0.1) is 30.3 Å². The maximum Gasteiger partial charge on any atom is 0.241 e. The number of fused-ring (bicyclic) bond motifs is 1. The Morgan fingerprint density at radius 3 is 2.48 bits per heavy atom. The van der Waals surface area contributed by atoms with E-state index in [0.717, 1.165) is 12.8 Å². The molecule has 0 amide bonds. The van der Waals surface area contributed by atoms with Crippen LogP contribution in [-0.2, 0) is 10.0 Å². The molecule has 0 bridgehead atoms. The first-order chi connectivity index (χ1) is 10.0. The van der Waals surface area contributed by atoms with E-state index in [2.05, 4.69) is 4.72 Å². The molecule has 0 unspecified atom stereocenters. The van der Waals surface area contributed by atoms with Gasteiger partial charge in [-0.2, -0.15) is 0 Å². The summed E-state index contributed by atoms with van der Waals surface area (Å²) in [5.41, 5.74) is -0.705. The summed E-state index contributed by atoms with van der Waals surface area (Å²) < 4.78 is 38.5.